The topological polar surface area (TPSA) is 55.8 Å². The van der Waals surface area contributed by atoms with Crippen molar-refractivity contribution in [1.29, 1.82) is 0 Å². The van der Waals surface area contributed by atoms with Crippen molar-refractivity contribution in [2.24, 2.45) is 0 Å². The molecule has 0 unspecified atom stereocenters. The lowest BCUT2D eigenvalue weighted by molar-refractivity contribution is -0.123. The van der Waals surface area contributed by atoms with Crippen molar-refractivity contribution in [3.8, 4) is 11.5 Å². The molecule has 3 aromatic rings. The molecule has 1 aliphatic heterocycles. The summed E-state index contributed by atoms with van der Waals surface area (Å²) >= 11 is 21.1. The van der Waals surface area contributed by atoms with Gasteiger partial charge in [-0.1, -0.05) is 46.9 Å². The Morgan fingerprint density at radius 2 is 1.86 bits per heavy atom. The third-order valence-electron chi connectivity index (χ3n) is 5.19. The molecule has 0 bridgehead atoms. The monoisotopic (exact) mass is 677 g/mol. The van der Waals surface area contributed by atoms with Gasteiger partial charge >= 0.3 is 0 Å². The Hall–Kier alpha value is -1.98. The zero-order valence-corrected chi connectivity index (χ0v) is 23.7. The fourth-order valence-corrected chi connectivity index (χ4v) is 5.69. The van der Waals surface area contributed by atoms with Gasteiger partial charge in [-0.2, -0.15) is 0 Å². The fraction of sp³-hybridized carbons (Fsp3) is 0.120. The van der Waals surface area contributed by atoms with Crippen LogP contribution in [0, 0.1) is 9.39 Å². The number of methoxy groups -OCH3 is 1. The summed E-state index contributed by atoms with van der Waals surface area (Å²) < 4.78 is 26.1. The van der Waals surface area contributed by atoms with Gasteiger partial charge in [0.15, 0.2) is 11.5 Å². The molecule has 4 rings (SSSR count). The van der Waals surface area contributed by atoms with Gasteiger partial charge in [0, 0.05) is 15.6 Å². The van der Waals surface area contributed by atoms with Crippen LogP contribution in [0.3, 0.4) is 0 Å². The Morgan fingerprint density at radius 3 is 2.56 bits per heavy atom. The Morgan fingerprint density at radius 1 is 1.08 bits per heavy atom. The number of thioether (sulfide) groups is 1. The summed E-state index contributed by atoms with van der Waals surface area (Å²) in [6.45, 7) is -0.0619. The van der Waals surface area contributed by atoms with Crippen molar-refractivity contribution in [2.75, 3.05) is 7.11 Å². The molecule has 0 atom stereocenters. The molecule has 3 aromatic carbocycles. The number of halogens is 5. The molecule has 1 heterocycles. The first-order valence-corrected chi connectivity index (χ1v) is 13.3. The summed E-state index contributed by atoms with van der Waals surface area (Å²) in [5.41, 5.74) is 1.47. The summed E-state index contributed by atoms with van der Waals surface area (Å²) in [4.78, 5) is 26.9. The van der Waals surface area contributed by atoms with Crippen LogP contribution in [0.4, 0.5) is 9.18 Å². The standard InChI is InChI=1S/C25H16Cl3FINO4S/c1-34-21-8-13(7-20(30)23(21)35-12-16-17(27)3-2-4-19(16)29)9-22-24(32)31(25(33)36-22)11-14-5-6-15(26)10-18(14)28/h2-10H,11-12H2,1H3/b22-9-. The van der Waals surface area contributed by atoms with E-state index < -0.39 is 17.0 Å². The van der Waals surface area contributed by atoms with E-state index in [1.54, 1.807) is 42.5 Å². The minimum Gasteiger partial charge on any atom is -0.493 e. The smallest absolute Gasteiger partial charge is 0.293 e. The fourth-order valence-electron chi connectivity index (χ4n) is 3.39. The van der Waals surface area contributed by atoms with Gasteiger partial charge in [0.1, 0.15) is 12.4 Å². The number of imide groups is 1. The van der Waals surface area contributed by atoms with Gasteiger partial charge in [0.2, 0.25) is 0 Å². The number of nitrogens with zero attached hydrogens (tertiary/aromatic N) is 1. The molecular weight excluding hydrogens is 663 g/mol. The van der Waals surface area contributed by atoms with E-state index in [0.29, 0.717) is 36.2 Å². The maximum absolute atomic E-state index is 14.1. The van der Waals surface area contributed by atoms with Crippen LogP contribution in [0.2, 0.25) is 15.1 Å². The van der Waals surface area contributed by atoms with Gasteiger partial charge in [0.05, 0.1) is 27.2 Å². The van der Waals surface area contributed by atoms with E-state index in [-0.39, 0.29) is 28.6 Å². The van der Waals surface area contributed by atoms with Crippen LogP contribution in [0.5, 0.6) is 11.5 Å². The number of ether oxygens (including phenoxy) is 2. The zero-order valence-electron chi connectivity index (χ0n) is 18.5. The number of hydrogen-bond acceptors (Lipinski definition) is 5. The van der Waals surface area contributed by atoms with E-state index >= 15 is 0 Å². The number of carbonyl (C=O) groups is 2. The van der Waals surface area contributed by atoms with Crippen LogP contribution in [0.25, 0.3) is 6.08 Å². The van der Waals surface area contributed by atoms with E-state index in [2.05, 4.69) is 22.6 Å². The maximum Gasteiger partial charge on any atom is 0.293 e. The quantitative estimate of drug-likeness (QED) is 0.186. The van der Waals surface area contributed by atoms with Gasteiger partial charge in [-0.05, 0) is 88.0 Å². The molecule has 0 saturated carbocycles. The Labute approximate surface area is 239 Å². The van der Waals surface area contributed by atoms with Crippen molar-refractivity contribution in [3.05, 3.63) is 94.6 Å². The molecular formula is C25H16Cl3FINO4S. The SMILES string of the molecule is COc1cc(/C=C2\SC(=O)N(Cc3ccc(Cl)cc3Cl)C2=O)cc(I)c1OCc1c(F)cccc1Cl. The summed E-state index contributed by atoms with van der Waals surface area (Å²) in [5, 5.41) is 0.694. The minimum atomic E-state index is -0.469. The van der Waals surface area contributed by atoms with E-state index in [4.69, 9.17) is 44.3 Å². The van der Waals surface area contributed by atoms with Crippen molar-refractivity contribution in [1.82, 2.24) is 4.90 Å². The molecule has 0 N–H and O–H groups in total. The highest BCUT2D eigenvalue weighted by atomic mass is 127. The molecule has 0 aromatic heterocycles. The van der Waals surface area contributed by atoms with Crippen LogP contribution in [0.1, 0.15) is 16.7 Å². The number of hydrogen-bond donors (Lipinski definition) is 0. The average Bonchev–Trinajstić information content (AvgIpc) is 3.08. The van der Waals surface area contributed by atoms with E-state index in [0.717, 1.165) is 16.7 Å². The van der Waals surface area contributed by atoms with Crippen molar-refractivity contribution >= 4 is 86.4 Å². The average molecular weight is 679 g/mol. The number of benzene rings is 3. The highest BCUT2D eigenvalue weighted by Crippen LogP contribution is 2.38. The van der Waals surface area contributed by atoms with E-state index in [1.807, 2.05) is 0 Å². The largest absolute Gasteiger partial charge is 0.493 e. The molecule has 36 heavy (non-hydrogen) atoms. The van der Waals surface area contributed by atoms with Crippen LogP contribution >= 0.6 is 69.2 Å². The zero-order chi connectivity index (χ0) is 26.0. The second-order valence-corrected chi connectivity index (χ2v) is 10.9. The van der Waals surface area contributed by atoms with Gasteiger partial charge in [-0.3, -0.25) is 14.5 Å². The van der Waals surface area contributed by atoms with Crippen LogP contribution in [0.15, 0.2) is 53.4 Å². The molecule has 186 valence electrons. The highest BCUT2D eigenvalue weighted by Gasteiger charge is 2.35. The molecule has 11 heteroatoms. The van der Waals surface area contributed by atoms with Crippen LogP contribution in [-0.4, -0.2) is 23.2 Å². The number of amides is 2. The lowest BCUT2D eigenvalue weighted by Crippen LogP contribution is -2.27. The van der Waals surface area contributed by atoms with E-state index in [1.165, 1.54) is 19.2 Å². The van der Waals surface area contributed by atoms with Crippen LogP contribution < -0.4 is 9.47 Å². The molecule has 0 spiro atoms. The first-order chi connectivity index (χ1) is 17.2. The van der Waals surface area contributed by atoms with E-state index in [9.17, 15) is 14.0 Å². The molecule has 0 radical (unpaired) electrons. The van der Waals surface area contributed by atoms with Crippen LogP contribution in [-0.2, 0) is 17.9 Å². The minimum absolute atomic E-state index is 0.0320. The first kappa shape index (κ1) is 27.1. The number of rotatable bonds is 7. The van der Waals surface area contributed by atoms with Gasteiger partial charge < -0.3 is 9.47 Å². The lowest BCUT2D eigenvalue weighted by Gasteiger charge is -2.15. The summed E-state index contributed by atoms with van der Waals surface area (Å²) in [6.07, 6.45) is 1.61. The maximum atomic E-state index is 14.1. The Kier molecular flexibility index (Phi) is 8.72. The normalized spacial score (nSPS) is 14.6. The molecule has 0 aliphatic carbocycles. The molecule has 1 aliphatic rings. The van der Waals surface area contributed by atoms with Gasteiger partial charge in [-0.15, -0.1) is 0 Å². The molecule has 1 fully saturated rings. The summed E-state index contributed by atoms with van der Waals surface area (Å²) in [7, 11) is 1.47. The van der Waals surface area contributed by atoms with Gasteiger partial charge in [0.25, 0.3) is 11.1 Å². The van der Waals surface area contributed by atoms with Crippen molar-refractivity contribution in [3.63, 3.8) is 0 Å². The lowest BCUT2D eigenvalue weighted by atomic mass is 10.1. The van der Waals surface area contributed by atoms with Gasteiger partial charge in [-0.25, -0.2) is 4.39 Å². The summed E-state index contributed by atoms with van der Waals surface area (Å²) in [6, 6.07) is 12.7. The first-order valence-electron chi connectivity index (χ1n) is 10.3. The summed E-state index contributed by atoms with van der Waals surface area (Å²) in [5.74, 6) is -0.115. The van der Waals surface area contributed by atoms with Crippen molar-refractivity contribution < 1.29 is 23.5 Å². The predicted molar refractivity (Wildman–Crippen MR) is 149 cm³/mol. The molecule has 5 nitrogen and oxygen atoms in total. The second kappa shape index (κ2) is 11.6. The van der Waals surface area contributed by atoms with Crippen molar-refractivity contribution in [2.45, 2.75) is 13.2 Å². The third-order valence-corrected chi connectivity index (χ3v) is 7.84. The third kappa shape index (κ3) is 5.94. The highest BCUT2D eigenvalue weighted by molar-refractivity contribution is 14.1. The Bertz CT molecular complexity index is 1380. The molecule has 1 saturated heterocycles. The predicted octanol–water partition coefficient (Wildman–Crippen LogP) is 8.21. The second-order valence-electron chi connectivity index (χ2n) is 7.53. The Balaban J connectivity index is 1.55. The molecule has 2 amide bonds. The number of carbonyl (C=O) groups excluding carboxylic acids is 2.